The van der Waals surface area contributed by atoms with E-state index in [2.05, 4.69) is 4.98 Å². The normalized spacial score (nSPS) is 11.0. The first-order chi connectivity index (χ1) is 13.2. The van der Waals surface area contributed by atoms with Gasteiger partial charge >= 0.3 is 11.6 Å². The van der Waals surface area contributed by atoms with Crippen molar-refractivity contribution in [3.63, 3.8) is 0 Å². The summed E-state index contributed by atoms with van der Waals surface area (Å²) < 4.78 is 10.3. The van der Waals surface area contributed by atoms with Gasteiger partial charge in [0.2, 0.25) is 0 Å². The van der Waals surface area contributed by atoms with Crippen molar-refractivity contribution >= 4 is 57.4 Å². The lowest BCUT2D eigenvalue weighted by molar-refractivity contribution is 0.0467. The largest absolute Gasteiger partial charge is 0.508 e. The van der Waals surface area contributed by atoms with Gasteiger partial charge in [0.05, 0.1) is 10.7 Å². The number of aromatic nitrogens is 1. The number of aromatic hydroxyl groups is 1. The second-order valence-electron chi connectivity index (χ2n) is 5.79. The van der Waals surface area contributed by atoms with Crippen molar-refractivity contribution in [1.29, 1.82) is 0 Å². The Morgan fingerprint density at radius 1 is 1.21 bits per heavy atom. The fourth-order valence-electron chi connectivity index (χ4n) is 2.59. The van der Waals surface area contributed by atoms with Crippen LogP contribution < -0.4 is 11.4 Å². The second-order valence-corrected chi connectivity index (χ2v) is 6.90. The zero-order valence-corrected chi connectivity index (χ0v) is 16.7. The van der Waals surface area contributed by atoms with Gasteiger partial charge < -0.3 is 20.0 Å². The standard InChI is InChI=1S/C18H13Cl3N2O5/c1-2-7-3-9-8(4-12(25)28-11(9)5-10(7)24)6-27-18(26)16-13(19)15(22)14(20)17(21)23-16/h3-5,24H,2,6H2,1H3,(H2,22,23). The van der Waals surface area contributed by atoms with Crippen LogP contribution in [0.15, 0.2) is 27.4 Å². The number of benzene rings is 1. The summed E-state index contributed by atoms with van der Waals surface area (Å²) in [5.41, 5.74) is 5.85. The molecule has 146 valence electrons. The number of aryl methyl sites for hydroxylation is 1. The summed E-state index contributed by atoms with van der Waals surface area (Å²) in [6.45, 7) is 1.59. The van der Waals surface area contributed by atoms with Gasteiger partial charge in [0.25, 0.3) is 0 Å². The van der Waals surface area contributed by atoms with Crippen molar-refractivity contribution in [3.8, 4) is 5.75 Å². The van der Waals surface area contributed by atoms with Gasteiger partial charge in [0.15, 0.2) is 10.8 Å². The molecule has 0 fully saturated rings. The fraction of sp³-hybridized carbons (Fsp3) is 0.167. The Balaban J connectivity index is 1.96. The SMILES string of the molecule is CCc1cc2c(COC(=O)c3nc(Cl)c(Cl)c(N)c3Cl)cc(=O)oc2cc1O. The number of nitrogens with two attached hydrogens (primary N) is 1. The minimum atomic E-state index is -0.897. The maximum absolute atomic E-state index is 12.4. The molecule has 28 heavy (non-hydrogen) atoms. The fourth-order valence-corrected chi connectivity index (χ4v) is 3.17. The van der Waals surface area contributed by atoms with E-state index < -0.39 is 11.6 Å². The third-order valence-corrected chi connectivity index (χ3v) is 5.17. The number of esters is 1. The number of fused-ring (bicyclic) bond motifs is 1. The molecule has 3 rings (SSSR count). The molecule has 0 unspecified atom stereocenters. The molecule has 0 atom stereocenters. The Kier molecular flexibility index (Phi) is 5.69. The first-order valence-corrected chi connectivity index (χ1v) is 9.12. The maximum atomic E-state index is 12.4. The lowest BCUT2D eigenvalue weighted by Crippen LogP contribution is -2.11. The molecule has 0 aliphatic heterocycles. The van der Waals surface area contributed by atoms with Crippen molar-refractivity contribution in [3.05, 3.63) is 60.6 Å². The molecule has 0 saturated carbocycles. The third kappa shape index (κ3) is 3.73. The summed E-state index contributed by atoms with van der Waals surface area (Å²) in [6, 6.07) is 4.21. The van der Waals surface area contributed by atoms with Gasteiger partial charge in [-0.3, -0.25) is 0 Å². The monoisotopic (exact) mass is 442 g/mol. The van der Waals surface area contributed by atoms with Crippen molar-refractivity contribution in [2.75, 3.05) is 5.73 Å². The Labute approximate surface area is 173 Å². The number of nitrogen functional groups attached to an aromatic ring is 1. The third-order valence-electron chi connectivity index (χ3n) is 4.03. The predicted molar refractivity (Wildman–Crippen MR) is 106 cm³/mol. The lowest BCUT2D eigenvalue weighted by Gasteiger charge is -2.11. The van der Waals surface area contributed by atoms with Crippen molar-refractivity contribution in [1.82, 2.24) is 4.98 Å². The molecule has 10 heteroatoms. The van der Waals surface area contributed by atoms with Crippen molar-refractivity contribution < 1.29 is 19.1 Å². The molecule has 0 spiro atoms. The zero-order valence-electron chi connectivity index (χ0n) is 14.4. The van der Waals surface area contributed by atoms with Crippen molar-refractivity contribution in [2.24, 2.45) is 0 Å². The van der Waals surface area contributed by atoms with E-state index in [1.807, 2.05) is 6.92 Å². The highest BCUT2D eigenvalue weighted by atomic mass is 35.5. The van der Waals surface area contributed by atoms with E-state index in [1.54, 1.807) is 6.07 Å². The molecule has 7 nitrogen and oxygen atoms in total. The van der Waals surface area contributed by atoms with Crippen LogP contribution in [-0.4, -0.2) is 16.1 Å². The summed E-state index contributed by atoms with van der Waals surface area (Å²) in [5, 5.41) is 10.0. The number of nitrogens with zero attached hydrogens (tertiary/aromatic N) is 1. The Morgan fingerprint density at radius 3 is 2.61 bits per heavy atom. The highest BCUT2D eigenvalue weighted by Crippen LogP contribution is 2.35. The van der Waals surface area contributed by atoms with E-state index in [9.17, 15) is 14.7 Å². The molecule has 3 N–H and O–H groups in total. The summed E-state index contributed by atoms with van der Waals surface area (Å²) in [7, 11) is 0. The van der Waals surface area contributed by atoms with Gasteiger partial charge in [-0.05, 0) is 18.1 Å². The molecular weight excluding hydrogens is 431 g/mol. The summed E-state index contributed by atoms with van der Waals surface area (Å²) in [5.74, 6) is -0.888. The van der Waals surface area contributed by atoms with Crippen LogP contribution in [0.25, 0.3) is 11.0 Å². The predicted octanol–water partition coefficient (Wildman–Crippen LogP) is 4.36. The van der Waals surface area contributed by atoms with Crippen LogP contribution in [0.2, 0.25) is 15.2 Å². The van der Waals surface area contributed by atoms with Crippen LogP contribution in [0.1, 0.15) is 28.5 Å². The van der Waals surface area contributed by atoms with Gasteiger partial charge in [-0.1, -0.05) is 41.7 Å². The Hall–Kier alpha value is -2.48. The summed E-state index contributed by atoms with van der Waals surface area (Å²) in [6.07, 6.45) is 0.558. The number of hydrogen-bond acceptors (Lipinski definition) is 7. The van der Waals surface area contributed by atoms with E-state index >= 15 is 0 Å². The van der Waals surface area contributed by atoms with E-state index in [0.717, 1.165) is 0 Å². The number of phenols is 1. The van der Waals surface area contributed by atoms with E-state index in [1.165, 1.54) is 12.1 Å². The van der Waals surface area contributed by atoms with Gasteiger partial charge in [-0.25, -0.2) is 14.6 Å². The Morgan fingerprint density at radius 2 is 1.93 bits per heavy atom. The van der Waals surface area contributed by atoms with Crippen LogP contribution in [0.4, 0.5) is 5.69 Å². The van der Waals surface area contributed by atoms with Crippen LogP contribution >= 0.6 is 34.8 Å². The average Bonchev–Trinajstić information content (AvgIpc) is 2.66. The van der Waals surface area contributed by atoms with E-state index in [-0.39, 0.29) is 44.5 Å². The van der Waals surface area contributed by atoms with Gasteiger partial charge in [-0.2, -0.15) is 0 Å². The molecular formula is C18H13Cl3N2O5. The molecule has 2 heterocycles. The quantitative estimate of drug-likeness (QED) is 0.350. The maximum Gasteiger partial charge on any atom is 0.358 e. The van der Waals surface area contributed by atoms with Crippen LogP contribution in [-0.2, 0) is 17.8 Å². The van der Waals surface area contributed by atoms with Crippen molar-refractivity contribution in [2.45, 2.75) is 20.0 Å². The molecule has 0 aliphatic carbocycles. The molecule has 0 saturated heterocycles. The van der Waals surface area contributed by atoms with Crippen LogP contribution in [0, 0.1) is 0 Å². The molecule has 0 radical (unpaired) electrons. The Bertz CT molecular complexity index is 1160. The van der Waals surface area contributed by atoms with Gasteiger partial charge in [0, 0.05) is 23.1 Å². The van der Waals surface area contributed by atoms with Gasteiger partial charge in [-0.15, -0.1) is 0 Å². The number of anilines is 1. The number of carbonyl (C=O) groups excluding carboxylic acids is 1. The van der Waals surface area contributed by atoms with Crippen LogP contribution in [0.5, 0.6) is 5.75 Å². The molecule has 0 aliphatic rings. The topological polar surface area (TPSA) is 116 Å². The van der Waals surface area contributed by atoms with E-state index in [0.29, 0.717) is 22.9 Å². The number of hydrogen-bond donors (Lipinski definition) is 2. The first-order valence-electron chi connectivity index (χ1n) is 7.98. The number of phenolic OH excluding ortho intramolecular Hbond substituents is 1. The van der Waals surface area contributed by atoms with Crippen LogP contribution in [0.3, 0.4) is 0 Å². The second kappa shape index (κ2) is 7.87. The molecule has 3 aromatic rings. The molecule has 1 aromatic carbocycles. The first kappa shape index (κ1) is 20.3. The number of rotatable bonds is 4. The smallest absolute Gasteiger partial charge is 0.358 e. The number of pyridine rings is 1. The molecule has 0 amide bonds. The highest BCUT2D eigenvalue weighted by Gasteiger charge is 2.21. The van der Waals surface area contributed by atoms with E-state index in [4.69, 9.17) is 49.7 Å². The summed E-state index contributed by atoms with van der Waals surface area (Å²) >= 11 is 17.7. The minimum Gasteiger partial charge on any atom is -0.508 e. The number of ether oxygens (including phenoxy) is 1. The molecule has 2 aromatic heterocycles. The zero-order chi connectivity index (χ0) is 20.6. The summed E-state index contributed by atoms with van der Waals surface area (Å²) in [4.78, 5) is 28.0. The average molecular weight is 444 g/mol. The number of carbonyl (C=O) groups is 1. The number of halogens is 3. The lowest BCUT2D eigenvalue weighted by atomic mass is 10.0. The molecule has 0 bridgehead atoms. The van der Waals surface area contributed by atoms with Gasteiger partial charge in [0.1, 0.15) is 23.0 Å². The highest BCUT2D eigenvalue weighted by molar-refractivity contribution is 6.46. The minimum absolute atomic E-state index is 0.00885.